The summed E-state index contributed by atoms with van der Waals surface area (Å²) in [4.78, 5) is 25.3. The van der Waals surface area contributed by atoms with Crippen molar-refractivity contribution in [3.63, 3.8) is 0 Å². The van der Waals surface area contributed by atoms with E-state index in [0.717, 1.165) is 19.3 Å². The summed E-state index contributed by atoms with van der Waals surface area (Å²) in [6.07, 6.45) is 2.70. The SMILES string of the molecule is COc1ccc2c(c1)N(CCCCCCl)C(=O)C2=O. The fourth-order valence-electron chi connectivity index (χ4n) is 2.16. The molecule has 0 radical (unpaired) electrons. The summed E-state index contributed by atoms with van der Waals surface area (Å²) >= 11 is 5.62. The van der Waals surface area contributed by atoms with Crippen LogP contribution in [0.2, 0.25) is 0 Å². The monoisotopic (exact) mass is 281 g/mol. The summed E-state index contributed by atoms with van der Waals surface area (Å²) in [5, 5.41) is 0. The average Bonchev–Trinajstić information content (AvgIpc) is 2.67. The largest absolute Gasteiger partial charge is 0.497 e. The Kier molecular flexibility index (Phi) is 4.43. The Morgan fingerprint density at radius 2 is 2.00 bits per heavy atom. The zero-order chi connectivity index (χ0) is 13.8. The molecule has 0 unspecified atom stereocenters. The summed E-state index contributed by atoms with van der Waals surface area (Å²) < 4.78 is 5.13. The highest BCUT2D eigenvalue weighted by Crippen LogP contribution is 2.32. The Balaban J connectivity index is 2.17. The predicted molar refractivity (Wildman–Crippen MR) is 74.2 cm³/mol. The minimum absolute atomic E-state index is 0.435. The number of alkyl halides is 1. The molecule has 0 saturated carbocycles. The summed E-state index contributed by atoms with van der Waals surface area (Å²) in [7, 11) is 1.56. The lowest BCUT2D eigenvalue weighted by molar-refractivity contribution is -0.114. The van der Waals surface area contributed by atoms with Crippen molar-refractivity contribution in [3.8, 4) is 5.75 Å². The lowest BCUT2D eigenvalue weighted by Gasteiger charge is -2.16. The van der Waals surface area contributed by atoms with Crippen molar-refractivity contribution in [3.05, 3.63) is 23.8 Å². The second-order valence-corrected chi connectivity index (χ2v) is 4.80. The number of benzene rings is 1. The van der Waals surface area contributed by atoms with Gasteiger partial charge in [0.15, 0.2) is 0 Å². The number of ether oxygens (including phenoxy) is 1. The van der Waals surface area contributed by atoms with E-state index in [-0.39, 0.29) is 0 Å². The van der Waals surface area contributed by atoms with E-state index in [1.54, 1.807) is 25.3 Å². The van der Waals surface area contributed by atoms with Crippen molar-refractivity contribution in [1.29, 1.82) is 0 Å². The molecule has 4 nitrogen and oxygen atoms in total. The Labute approximate surface area is 117 Å². The van der Waals surface area contributed by atoms with Crippen LogP contribution in [0.4, 0.5) is 5.69 Å². The van der Waals surface area contributed by atoms with Crippen LogP contribution in [-0.2, 0) is 4.79 Å². The minimum Gasteiger partial charge on any atom is -0.497 e. The molecule has 1 aromatic rings. The standard InChI is InChI=1S/C14H16ClNO3/c1-19-10-5-6-11-12(9-10)16(14(18)13(11)17)8-4-2-3-7-15/h5-6,9H,2-4,7-8H2,1H3. The quantitative estimate of drug-likeness (QED) is 0.457. The molecule has 0 aliphatic carbocycles. The number of amides is 1. The first-order valence-corrected chi connectivity index (χ1v) is 6.82. The van der Waals surface area contributed by atoms with E-state index in [9.17, 15) is 9.59 Å². The molecule has 5 heteroatoms. The molecule has 1 aliphatic heterocycles. The maximum absolute atomic E-state index is 11.9. The fraction of sp³-hybridized carbons (Fsp3) is 0.429. The number of ketones is 1. The number of hydrogen-bond acceptors (Lipinski definition) is 3. The van der Waals surface area contributed by atoms with Crippen LogP contribution in [0.5, 0.6) is 5.75 Å². The number of carbonyl (C=O) groups excluding carboxylic acids is 2. The third kappa shape index (κ3) is 2.73. The number of unbranched alkanes of at least 4 members (excludes halogenated alkanes) is 2. The molecule has 19 heavy (non-hydrogen) atoms. The van der Waals surface area contributed by atoms with Crippen molar-refractivity contribution in [2.24, 2.45) is 0 Å². The third-order valence-electron chi connectivity index (χ3n) is 3.20. The van der Waals surface area contributed by atoms with Crippen LogP contribution in [0.1, 0.15) is 29.6 Å². The number of halogens is 1. The highest BCUT2D eigenvalue weighted by Gasteiger charge is 2.35. The molecule has 1 aliphatic rings. The van der Waals surface area contributed by atoms with Gasteiger partial charge in [0, 0.05) is 18.5 Å². The predicted octanol–water partition coefficient (Wildman–Crippen LogP) is 2.63. The molecule has 2 rings (SSSR count). The molecular formula is C14H16ClNO3. The zero-order valence-electron chi connectivity index (χ0n) is 10.8. The zero-order valence-corrected chi connectivity index (χ0v) is 11.6. The van der Waals surface area contributed by atoms with Crippen LogP contribution >= 0.6 is 11.6 Å². The Morgan fingerprint density at radius 1 is 1.21 bits per heavy atom. The van der Waals surface area contributed by atoms with Crippen LogP contribution < -0.4 is 9.64 Å². The van der Waals surface area contributed by atoms with Gasteiger partial charge in [-0.1, -0.05) is 6.42 Å². The second-order valence-electron chi connectivity index (χ2n) is 4.42. The van der Waals surface area contributed by atoms with Gasteiger partial charge in [-0.25, -0.2) is 0 Å². The highest BCUT2D eigenvalue weighted by molar-refractivity contribution is 6.52. The maximum Gasteiger partial charge on any atom is 0.299 e. The van der Waals surface area contributed by atoms with Gasteiger partial charge in [-0.3, -0.25) is 9.59 Å². The van der Waals surface area contributed by atoms with E-state index in [1.807, 2.05) is 0 Å². The number of methoxy groups -OCH3 is 1. The Morgan fingerprint density at radius 3 is 2.68 bits per heavy atom. The lowest BCUT2D eigenvalue weighted by atomic mass is 10.1. The van der Waals surface area contributed by atoms with Gasteiger partial charge in [0.05, 0.1) is 18.4 Å². The molecule has 102 valence electrons. The van der Waals surface area contributed by atoms with Gasteiger partial charge in [0.2, 0.25) is 0 Å². The minimum atomic E-state index is -0.450. The van der Waals surface area contributed by atoms with Crippen molar-refractivity contribution in [1.82, 2.24) is 0 Å². The van der Waals surface area contributed by atoms with E-state index in [1.165, 1.54) is 4.90 Å². The maximum atomic E-state index is 11.9. The number of rotatable bonds is 6. The first kappa shape index (κ1) is 13.9. The first-order valence-electron chi connectivity index (χ1n) is 6.29. The highest BCUT2D eigenvalue weighted by atomic mass is 35.5. The molecule has 0 fully saturated rings. The second kappa shape index (κ2) is 6.06. The Hall–Kier alpha value is -1.55. The van der Waals surface area contributed by atoms with Gasteiger partial charge in [-0.2, -0.15) is 0 Å². The van der Waals surface area contributed by atoms with E-state index in [0.29, 0.717) is 29.4 Å². The summed E-state index contributed by atoms with van der Waals surface area (Å²) in [5.74, 6) is 0.383. The summed E-state index contributed by atoms with van der Waals surface area (Å²) in [6, 6.07) is 5.08. The number of hydrogen-bond donors (Lipinski definition) is 0. The molecule has 0 aromatic heterocycles. The first-order chi connectivity index (χ1) is 9.19. The van der Waals surface area contributed by atoms with Gasteiger partial charge >= 0.3 is 0 Å². The van der Waals surface area contributed by atoms with Gasteiger partial charge in [-0.05, 0) is 25.0 Å². The number of carbonyl (C=O) groups is 2. The molecule has 0 saturated heterocycles. The van der Waals surface area contributed by atoms with Crippen LogP contribution in [0.15, 0.2) is 18.2 Å². The summed E-state index contributed by atoms with van der Waals surface area (Å²) in [5.41, 5.74) is 1.11. The molecular weight excluding hydrogens is 266 g/mol. The van der Waals surface area contributed by atoms with Gasteiger partial charge < -0.3 is 9.64 Å². The lowest BCUT2D eigenvalue weighted by Crippen LogP contribution is -2.30. The van der Waals surface area contributed by atoms with Crippen LogP contribution in [0.25, 0.3) is 0 Å². The third-order valence-corrected chi connectivity index (χ3v) is 3.46. The number of fused-ring (bicyclic) bond motifs is 1. The molecule has 1 amide bonds. The molecule has 0 spiro atoms. The van der Waals surface area contributed by atoms with Crippen LogP contribution in [0, 0.1) is 0 Å². The van der Waals surface area contributed by atoms with Crippen molar-refractivity contribution >= 4 is 29.0 Å². The molecule has 0 bridgehead atoms. The molecule has 0 N–H and O–H groups in total. The van der Waals surface area contributed by atoms with E-state index >= 15 is 0 Å². The molecule has 0 atom stereocenters. The average molecular weight is 282 g/mol. The number of Topliss-reactive ketones (excluding diaryl/α,β-unsaturated/α-hetero) is 1. The smallest absolute Gasteiger partial charge is 0.299 e. The van der Waals surface area contributed by atoms with Crippen molar-refractivity contribution < 1.29 is 14.3 Å². The van der Waals surface area contributed by atoms with Gasteiger partial charge in [-0.15, -0.1) is 11.6 Å². The van der Waals surface area contributed by atoms with E-state index in [4.69, 9.17) is 16.3 Å². The number of nitrogens with zero attached hydrogens (tertiary/aromatic N) is 1. The summed E-state index contributed by atoms with van der Waals surface area (Å²) in [6.45, 7) is 0.543. The Bertz CT molecular complexity index is 501. The normalized spacial score (nSPS) is 13.9. The van der Waals surface area contributed by atoms with Gasteiger partial charge in [0.1, 0.15) is 5.75 Å². The van der Waals surface area contributed by atoms with E-state index in [2.05, 4.69) is 0 Å². The molecule has 1 aromatic carbocycles. The van der Waals surface area contributed by atoms with Gasteiger partial charge in [0.25, 0.3) is 11.7 Å². The fourth-order valence-corrected chi connectivity index (χ4v) is 2.35. The number of anilines is 1. The topological polar surface area (TPSA) is 46.6 Å². The van der Waals surface area contributed by atoms with Crippen LogP contribution in [0.3, 0.4) is 0 Å². The van der Waals surface area contributed by atoms with Crippen molar-refractivity contribution in [2.45, 2.75) is 19.3 Å². The molecule has 1 heterocycles. The van der Waals surface area contributed by atoms with Crippen LogP contribution in [-0.4, -0.2) is 31.2 Å². The van der Waals surface area contributed by atoms with Crippen molar-refractivity contribution in [2.75, 3.05) is 24.4 Å². The van der Waals surface area contributed by atoms with E-state index < -0.39 is 11.7 Å².